The molecule has 0 unspecified atom stereocenters. The van der Waals surface area contributed by atoms with Crippen LogP contribution in [0.2, 0.25) is 5.02 Å². The molecule has 1 aromatic rings. The summed E-state index contributed by atoms with van der Waals surface area (Å²) in [6.45, 7) is 2.07. The van der Waals surface area contributed by atoms with Crippen LogP contribution in [0.25, 0.3) is 0 Å². The van der Waals surface area contributed by atoms with E-state index in [1.54, 1.807) is 6.92 Å². The van der Waals surface area contributed by atoms with E-state index in [9.17, 15) is 13.2 Å². The van der Waals surface area contributed by atoms with Crippen LogP contribution in [0.1, 0.15) is 17.3 Å². The maximum atomic E-state index is 11.4. The van der Waals surface area contributed by atoms with E-state index < -0.39 is 16.0 Å². The van der Waals surface area contributed by atoms with Crippen molar-refractivity contribution in [2.45, 2.75) is 6.92 Å². The molecule has 0 saturated heterocycles. The van der Waals surface area contributed by atoms with Crippen LogP contribution in [0.15, 0.2) is 12.3 Å². The molecule has 7 nitrogen and oxygen atoms in total. The Labute approximate surface area is 116 Å². The average molecular weight is 308 g/mol. The van der Waals surface area contributed by atoms with Gasteiger partial charge in [-0.15, -0.1) is 0 Å². The molecule has 1 heterocycles. The molecule has 0 bridgehead atoms. The zero-order valence-electron chi connectivity index (χ0n) is 10.2. The van der Waals surface area contributed by atoms with Gasteiger partial charge in [0.1, 0.15) is 5.82 Å². The molecule has 0 fully saturated rings. The standard InChI is InChI=1S/C10H14ClN3O4S/c1-2-14-19(17,18)6-5-13-9-8(11)7(10(15)16)3-4-12-9/h3-4,14H,2,5-6H2,1H3,(H,12,13)(H,15,16). The first kappa shape index (κ1) is 15.7. The SMILES string of the molecule is CCNS(=O)(=O)CCNc1nccc(C(=O)O)c1Cl. The predicted octanol–water partition coefficient (Wildman–Crippen LogP) is 0.784. The van der Waals surface area contributed by atoms with Gasteiger partial charge >= 0.3 is 5.97 Å². The van der Waals surface area contributed by atoms with Crippen LogP contribution < -0.4 is 10.0 Å². The Morgan fingerprint density at radius 1 is 1.53 bits per heavy atom. The fraction of sp³-hybridized carbons (Fsp3) is 0.400. The lowest BCUT2D eigenvalue weighted by Crippen LogP contribution is -2.29. The van der Waals surface area contributed by atoms with Crippen molar-refractivity contribution >= 4 is 33.4 Å². The Hall–Kier alpha value is -1.38. The van der Waals surface area contributed by atoms with Gasteiger partial charge in [-0.05, 0) is 6.07 Å². The minimum Gasteiger partial charge on any atom is -0.478 e. The summed E-state index contributed by atoms with van der Waals surface area (Å²) < 4.78 is 25.1. The van der Waals surface area contributed by atoms with Crippen LogP contribution in [0.3, 0.4) is 0 Å². The Bertz CT molecular complexity index is 562. The number of carboxylic acids is 1. The second-order valence-electron chi connectivity index (χ2n) is 3.57. The van der Waals surface area contributed by atoms with Gasteiger partial charge in [0.2, 0.25) is 10.0 Å². The summed E-state index contributed by atoms with van der Waals surface area (Å²) in [6.07, 6.45) is 1.29. The lowest BCUT2D eigenvalue weighted by atomic mass is 10.2. The van der Waals surface area contributed by atoms with Gasteiger partial charge in [0, 0.05) is 19.3 Å². The van der Waals surface area contributed by atoms with E-state index in [0.717, 1.165) is 0 Å². The smallest absolute Gasteiger partial charge is 0.337 e. The maximum absolute atomic E-state index is 11.4. The summed E-state index contributed by atoms with van der Waals surface area (Å²) in [4.78, 5) is 14.7. The van der Waals surface area contributed by atoms with E-state index in [2.05, 4.69) is 15.0 Å². The summed E-state index contributed by atoms with van der Waals surface area (Å²) >= 11 is 5.84. The monoisotopic (exact) mass is 307 g/mol. The number of sulfonamides is 1. The molecular weight excluding hydrogens is 294 g/mol. The maximum Gasteiger partial charge on any atom is 0.337 e. The molecule has 106 valence electrons. The molecule has 1 aromatic heterocycles. The number of pyridine rings is 1. The van der Waals surface area contributed by atoms with Crippen molar-refractivity contribution in [1.29, 1.82) is 0 Å². The third kappa shape index (κ3) is 4.66. The third-order valence-electron chi connectivity index (χ3n) is 2.15. The van der Waals surface area contributed by atoms with Gasteiger partial charge in [-0.25, -0.2) is 22.9 Å². The Morgan fingerprint density at radius 3 is 2.79 bits per heavy atom. The van der Waals surface area contributed by atoms with E-state index in [1.807, 2.05) is 0 Å². The minimum absolute atomic E-state index is 0.0455. The zero-order valence-corrected chi connectivity index (χ0v) is 11.8. The van der Waals surface area contributed by atoms with Crippen molar-refractivity contribution in [3.63, 3.8) is 0 Å². The lowest BCUT2D eigenvalue weighted by Gasteiger charge is -2.09. The van der Waals surface area contributed by atoms with Crippen molar-refractivity contribution in [1.82, 2.24) is 9.71 Å². The van der Waals surface area contributed by atoms with Crippen molar-refractivity contribution in [2.24, 2.45) is 0 Å². The number of halogens is 1. The molecule has 0 atom stereocenters. The van der Waals surface area contributed by atoms with Gasteiger partial charge < -0.3 is 10.4 Å². The quantitative estimate of drug-likeness (QED) is 0.687. The van der Waals surface area contributed by atoms with E-state index in [4.69, 9.17) is 16.7 Å². The van der Waals surface area contributed by atoms with Gasteiger partial charge in [0.05, 0.1) is 16.3 Å². The number of aromatic nitrogens is 1. The highest BCUT2D eigenvalue weighted by atomic mass is 35.5. The van der Waals surface area contributed by atoms with Crippen LogP contribution in [0, 0.1) is 0 Å². The second kappa shape index (κ2) is 6.69. The molecule has 1 rings (SSSR count). The van der Waals surface area contributed by atoms with Crippen LogP contribution in [-0.4, -0.2) is 43.3 Å². The fourth-order valence-electron chi connectivity index (χ4n) is 1.33. The molecule has 0 amide bonds. The molecule has 9 heteroatoms. The van der Waals surface area contributed by atoms with Gasteiger partial charge in [0.25, 0.3) is 0 Å². The minimum atomic E-state index is -3.34. The Kier molecular flexibility index (Phi) is 5.52. The van der Waals surface area contributed by atoms with Crippen molar-refractivity contribution in [3.8, 4) is 0 Å². The van der Waals surface area contributed by atoms with Crippen LogP contribution in [0.4, 0.5) is 5.82 Å². The number of nitrogens with one attached hydrogen (secondary N) is 2. The summed E-state index contributed by atoms with van der Waals surface area (Å²) in [5.74, 6) is -1.18. The number of rotatable bonds is 7. The molecule has 0 saturated carbocycles. The molecule has 0 aliphatic carbocycles. The highest BCUT2D eigenvalue weighted by Crippen LogP contribution is 2.23. The summed E-state index contributed by atoms with van der Waals surface area (Å²) in [7, 11) is -3.34. The molecule has 0 aromatic carbocycles. The summed E-state index contributed by atoms with van der Waals surface area (Å²) in [5, 5.41) is 11.5. The largest absolute Gasteiger partial charge is 0.478 e. The molecule has 3 N–H and O–H groups in total. The first-order chi connectivity index (χ1) is 8.87. The van der Waals surface area contributed by atoms with E-state index in [0.29, 0.717) is 6.54 Å². The van der Waals surface area contributed by atoms with Crippen LogP contribution >= 0.6 is 11.6 Å². The van der Waals surface area contributed by atoms with Crippen molar-refractivity contribution in [3.05, 3.63) is 22.8 Å². The molecule has 19 heavy (non-hydrogen) atoms. The molecule has 0 spiro atoms. The van der Waals surface area contributed by atoms with Gasteiger partial charge in [-0.3, -0.25) is 0 Å². The topological polar surface area (TPSA) is 108 Å². The second-order valence-corrected chi connectivity index (χ2v) is 5.87. The molecular formula is C10H14ClN3O4S. The number of carboxylic acid groups (broad SMARTS) is 1. The molecule has 0 aliphatic heterocycles. The number of hydrogen-bond donors (Lipinski definition) is 3. The number of hydrogen-bond acceptors (Lipinski definition) is 5. The average Bonchev–Trinajstić information content (AvgIpc) is 2.30. The van der Waals surface area contributed by atoms with E-state index in [-0.39, 0.29) is 28.7 Å². The van der Waals surface area contributed by atoms with Crippen molar-refractivity contribution < 1.29 is 18.3 Å². The number of nitrogens with zero attached hydrogens (tertiary/aromatic N) is 1. The number of anilines is 1. The van der Waals surface area contributed by atoms with Crippen molar-refractivity contribution in [2.75, 3.05) is 24.2 Å². The predicted molar refractivity (Wildman–Crippen MR) is 72.2 cm³/mol. The Morgan fingerprint density at radius 2 is 2.21 bits per heavy atom. The fourth-order valence-corrected chi connectivity index (χ4v) is 2.54. The van der Waals surface area contributed by atoms with Gasteiger partial charge in [-0.1, -0.05) is 18.5 Å². The summed E-state index contributed by atoms with van der Waals surface area (Å²) in [6, 6.07) is 1.27. The highest BCUT2D eigenvalue weighted by molar-refractivity contribution is 7.89. The molecule has 0 radical (unpaired) electrons. The lowest BCUT2D eigenvalue weighted by molar-refractivity contribution is 0.0697. The highest BCUT2D eigenvalue weighted by Gasteiger charge is 2.14. The van der Waals surface area contributed by atoms with Crippen LogP contribution in [-0.2, 0) is 10.0 Å². The van der Waals surface area contributed by atoms with Gasteiger partial charge in [0.15, 0.2) is 0 Å². The van der Waals surface area contributed by atoms with E-state index >= 15 is 0 Å². The molecule has 0 aliphatic rings. The first-order valence-electron chi connectivity index (χ1n) is 5.46. The number of carbonyl (C=O) groups is 1. The third-order valence-corrected chi connectivity index (χ3v) is 4.00. The Balaban J connectivity index is 2.69. The van der Waals surface area contributed by atoms with Crippen LogP contribution in [0.5, 0.6) is 0 Å². The number of aromatic carboxylic acids is 1. The van der Waals surface area contributed by atoms with E-state index in [1.165, 1.54) is 12.3 Å². The van der Waals surface area contributed by atoms with Gasteiger partial charge in [-0.2, -0.15) is 0 Å². The summed E-state index contributed by atoms with van der Waals surface area (Å²) in [5.41, 5.74) is -0.0892. The zero-order chi connectivity index (χ0) is 14.5. The normalized spacial score (nSPS) is 11.3. The first-order valence-corrected chi connectivity index (χ1v) is 7.49.